The molecule has 1 aromatic rings. The lowest BCUT2D eigenvalue weighted by molar-refractivity contribution is -0.139. The van der Waals surface area contributed by atoms with E-state index in [2.05, 4.69) is 10.5 Å². The van der Waals surface area contributed by atoms with Crippen molar-refractivity contribution < 1.29 is 24.0 Å². The predicted molar refractivity (Wildman–Crippen MR) is 68.6 cm³/mol. The van der Waals surface area contributed by atoms with Crippen molar-refractivity contribution in [2.24, 2.45) is 0 Å². The highest BCUT2D eigenvalue weighted by atomic mass is 16.6. The SMILES string of the molecule is Cc1o[nH]c(=O)c1C[C@H](NC(=O)OC(C)(C)C)C(=O)O. The van der Waals surface area contributed by atoms with Crippen LogP contribution in [0.2, 0.25) is 0 Å². The first-order valence-electron chi connectivity index (χ1n) is 5.99. The summed E-state index contributed by atoms with van der Waals surface area (Å²) in [5, 5.41) is 13.4. The van der Waals surface area contributed by atoms with Crippen molar-refractivity contribution in [3.8, 4) is 0 Å². The van der Waals surface area contributed by atoms with E-state index in [9.17, 15) is 14.4 Å². The number of aryl methyl sites for hydroxylation is 1. The molecule has 0 bridgehead atoms. The lowest BCUT2D eigenvalue weighted by Crippen LogP contribution is -2.45. The van der Waals surface area contributed by atoms with Gasteiger partial charge in [0.1, 0.15) is 17.4 Å². The van der Waals surface area contributed by atoms with Crippen LogP contribution in [0.4, 0.5) is 4.79 Å². The van der Waals surface area contributed by atoms with Crippen molar-refractivity contribution in [2.75, 3.05) is 0 Å². The van der Waals surface area contributed by atoms with Gasteiger partial charge in [-0.1, -0.05) is 0 Å². The average Bonchev–Trinajstić information content (AvgIpc) is 2.56. The number of hydrogen-bond donors (Lipinski definition) is 3. The van der Waals surface area contributed by atoms with Crippen LogP contribution in [0, 0.1) is 6.92 Å². The van der Waals surface area contributed by atoms with Gasteiger partial charge in [0.05, 0.1) is 5.56 Å². The highest BCUT2D eigenvalue weighted by Crippen LogP contribution is 2.09. The quantitative estimate of drug-likeness (QED) is 0.752. The number of carbonyl (C=O) groups is 2. The second-order valence-corrected chi connectivity index (χ2v) is 5.31. The maximum absolute atomic E-state index is 11.6. The first-order valence-corrected chi connectivity index (χ1v) is 5.99. The maximum Gasteiger partial charge on any atom is 0.408 e. The van der Waals surface area contributed by atoms with Gasteiger partial charge >= 0.3 is 12.1 Å². The summed E-state index contributed by atoms with van der Waals surface area (Å²) in [7, 11) is 0. The molecule has 1 aromatic heterocycles. The molecule has 8 nitrogen and oxygen atoms in total. The van der Waals surface area contributed by atoms with Crippen molar-refractivity contribution in [1.82, 2.24) is 10.5 Å². The monoisotopic (exact) mass is 286 g/mol. The van der Waals surface area contributed by atoms with E-state index < -0.39 is 29.3 Å². The highest BCUT2D eigenvalue weighted by molar-refractivity contribution is 5.80. The van der Waals surface area contributed by atoms with Gasteiger partial charge in [0.2, 0.25) is 0 Å². The molecule has 0 radical (unpaired) electrons. The smallest absolute Gasteiger partial charge is 0.408 e. The molecule has 0 aliphatic heterocycles. The number of aliphatic carboxylic acids is 1. The standard InChI is InChI=1S/C12H18N2O6/c1-6-7(9(15)14-20-6)5-8(10(16)17)13-11(18)19-12(2,3)4/h8H,5H2,1-4H3,(H,13,18)(H,14,15)(H,16,17)/t8-/m0/s1. The molecule has 0 saturated carbocycles. The van der Waals surface area contributed by atoms with Crippen LogP contribution < -0.4 is 10.9 Å². The molecule has 0 aliphatic rings. The molecule has 8 heteroatoms. The van der Waals surface area contributed by atoms with Crippen LogP contribution in [-0.2, 0) is 16.0 Å². The van der Waals surface area contributed by atoms with Crippen LogP contribution in [0.25, 0.3) is 0 Å². The zero-order valence-corrected chi connectivity index (χ0v) is 11.8. The Kier molecular flexibility index (Phi) is 4.59. The summed E-state index contributed by atoms with van der Waals surface area (Å²) in [5.41, 5.74) is -1.08. The lowest BCUT2D eigenvalue weighted by Gasteiger charge is -2.21. The second kappa shape index (κ2) is 5.81. The zero-order valence-electron chi connectivity index (χ0n) is 11.8. The van der Waals surface area contributed by atoms with E-state index in [1.807, 2.05) is 0 Å². The summed E-state index contributed by atoms with van der Waals surface area (Å²) in [6.45, 7) is 6.51. The van der Waals surface area contributed by atoms with Gasteiger partial charge in [-0.3, -0.25) is 4.79 Å². The van der Waals surface area contributed by atoms with Crippen LogP contribution in [0.1, 0.15) is 32.1 Å². The van der Waals surface area contributed by atoms with Crippen molar-refractivity contribution >= 4 is 12.1 Å². The Hall–Kier alpha value is -2.25. The fourth-order valence-corrected chi connectivity index (χ4v) is 1.50. The highest BCUT2D eigenvalue weighted by Gasteiger charge is 2.26. The van der Waals surface area contributed by atoms with Crippen molar-refractivity contribution in [3.05, 3.63) is 21.7 Å². The minimum absolute atomic E-state index is 0.174. The molecule has 3 N–H and O–H groups in total. The molecule has 0 unspecified atom stereocenters. The fraction of sp³-hybridized carbons (Fsp3) is 0.583. The molecule has 1 amide bonds. The molecule has 0 aliphatic carbocycles. The first kappa shape index (κ1) is 15.8. The van der Waals surface area contributed by atoms with Crippen LogP contribution in [0.15, 0.2) is 9.32 Å². The topological polar surface area (TPSA) is 122 Å². The van der Waals surface area contributed by atoms with Gasteiger partial charge in [-0.2, -0.15) is 5.16 Å². The molecular formula is C12H18N2O6. The number of aromatic amines is 1. The number of aromatic nitrogens is 1. The van der Waals surface area contributed by atoms with Crippen molar-refractivity contribution in [1.29, 1.82) is 0 Å². The maximum atomic E-state index is 11.6. The summed E-state index contributed by atoms with van der Waals surface area (Å²) in [6.07, 6.45) is -1.05. The van der Waals surface area contributed by atoms with E-state index in [4.69, 9.17) is 14.4 Å². The Morgan fingerprint density at radius 2 is 2.05 bits per heavy atom. The van der Waals surface area contributed by atoms with Gasteiger partial charge in [-0.25, -0.2) is 9.59 Å². The van der Waals surface area contributed by atoms with Crippen LogP contribution in [0.3, 0.4) is 0 Å². The molecule has 112 valence electrons. The number of carbonyl (C=O) groups excluding carboxylic acids is 1. The third-order valence-corrected chi connectivity index (χ3v) is 2.39. The number of alkyl carbamates (subject to hydrolysis) is 1. The number of ether oxygens (including phenoxy) is 1. The third-order valence-electron chi connectivity index (χ3n) is 2.39. The summed E-state index contributed by atoms with van der Waals surface area (Å²) in [6, 6.07) is -1.28. The molecular weight excluding hydrogens is 268 g/mol. The summed E-state index contributed by atoms with van der Waals surface area (Å²) < 4.78 is 9.76. The number of rotatable bonds is 4. The molecule has 0 fully saturated rings. The first-order chi connectivity index (χ1) is 9.10. The summed E-state index contributed by atoms with van der Waals surface area (Å²) in [5.74, 6) is -0.983. The Morgan fingerprint density at radius 3 is 2.45 bits per heavy atom. The predicted octanol–water partition coefficient (Wildman–Crippen LogP) is 0.797. The number of carboxylic acid groups (broad SMARTS) is 1. The van der Waals surface area contributed by atoms with Crippen LogP contribution in [0.5, 0.6) is 0 Å². The number of hydrogen-bond acceptors (Lipinski definition) is 5. The van der Waals surface area contributed by atoms with E-state index in [1.165, 1.54) is 6.92 Å². The fourth-order valence-electron chi connectivity index (χ4n) is 1.50. The number of carboxylic acids is 1. The van der Waals surface area contributed by atoms with Crippen LogP contribution in [-0.4, -0.2) is 34.0 Å². The van der Waals surface area contributed by atoms with Gasteiger partial charge in [0.25, 0.3) is 5.56 Å². The minimum Gasteiger partial charge on any atom is -0.480 e. The summed E-state index contributed by atoms with van der Waals surface area (Å²) in [4.78, 5) is 34.1. The van der Waals surface area contributed by atoms with E-state index in [0.29, 0.717) is 0 Å². The Labute approximate surface area is 115 Å². The van der Waals surface area contributed by atoms with Crippen molar-refractivity contribution in [2.45, 2.75) is 45.8 Å². The van der Waals surface area contributed by atoms with Crippen LogP contribution >= 0.6 is 0 Å². The van der Waals surface area contributed by atoms with E-state index in [1.54, 1.807) is 20.8 Å². The lowest BCUT2D eigenvalue weighted by atomic mass is 10.1. The summed E-state index contributed by atoms with van der Waals surface area (Å²) >= 11 is 0. The zero-order chi connectivity index (χ0) is 15.5. The van der Waals surface area contributed by atoms with E-state index in [-0.39, 0.29) is 17.7 Å². The molecule has 20 heavy (non-hydrogen) atoms. The number of nitrogens with one attached hydrogen (secondary N) is 2. The van der Waals surface area contributed by atoms with Crippen molar-refractivity contribution in [3.63, 3.8) is 0 Å². The van der Waals surface area contributed by atoms with Gasteiger partial charge in [0, 0.05) is 6.42 Å². The second-order valence-electron chi connectivity index (χ2n) is 5.31. The number of amides is 1. The van der Waals surface area contributed by atoms with Gasteiger partial charge < -0.3 is 19.7 Å². The normalized spacial score (nSPS) is 12.8. The molecule has 1 rings (SSSR count). The Balaban J connectivity index is 2.79. The van der Waals surface area contributed by atoms with Gasteiger partial charge in [-0.05, 0) is 27.7 Å². The molecule has 1 atom stereocenters. The Morgan fingerprint density at radius 1 is 1.45 bits per heavy atom. The van der Waals surface area contributed by atoms with E-state index >= 15 is 0 Å². The molecule has 0 saturated heterocycles. The van der Waals surface area contributed by atoms with Gasteiger partial charge in [0.15, 0.2) is 0 Å². The van der Waals surface area contributed by atoms with Gasteiger partial charge in [-0.15, -0.1) is 0 Å². The molecule has 0 aromatic carbocycles. The average molecular weight is 286 g/mol. The van der Waals surface area contributed by atoms with E-state index in [0.717, 1.165) is 0 Å². The molecule has 1 heterocycles. The Bertz CT molecular complexity index is 551. The largest absolute Gasteiger partial charge is 0.480 e. The number of H-pyrrole nitrogens is 1. The minimum atomic E-state index is -1.28. The molecule has 0 spiro atoms. The third kappa shape index (κ3) is 4.45.